The topological polar surface area (TPSA) is 66.0 Å². The molecule has 6 nitrogen and oxygen atoms in total. The van der Waals surface area contributed by atoms with Gasteiger partial charge in [0.25, 0.3) is 0 Å². The standard InChI is InChI=1S/C14H25F3N4O2/c1-13(2,3)23-12(22)20-10-5-8-21(9-10)11(18-4)19-7-6-14(15,16)17/h10H,5-9H2,1-4H3,(H,18,19)(H,20,22). The van der Waals surface area contributed by atoms with E-state index in [1.165, 1.54) is 7.05 Å². The Labute approximate surface area is 134 Å². The fourth-order valence-corrected chi connectivity index (χ4v) is 2.19. The second-order valence-electron chi connectivity index (χ2n) is 6.42. The molecule has 0 aromatic heterocycles. The van der Waals surface area contributed by atoms with Crippen LogP contribution in [0.5, 0.6) is 0 Å². The summed E-state index contributed by atoms with van der Waals surface area (Å²) in [4.78, 5) is 17.5. The molecule has 0 aliphatic carbocycles. The van der Waals surface area contributed by atoms with Crippen molar-refractivity contribution in [2.45, 2.75) is 51.4 Å². The van der Waals surface area contributed by atoms with Crippen LogP contribution in [-0.2, 0) is 4.74 Å². The lowest BCUT2D eigenvalue weighted by molar-refractivity contribution is -0.132. The lowest BCUT2D eigenvalue weighted by Crippen LogP contribution is -2.44. The average Bonchev–Trinajstić information content (AvgIpc) is 2.79. The summed E-state index contributed by atoms with van der Waals surface area (Å²) in [5.41, 5.74) is -0.572. The molecule has 0 aromatic rings. The number of hydrogen-bond acceptors (Lipinski definition) is 3. The number of nitrogens with one attached hydrogen (secondary N) is 2. The van der Waals surface area contributed by atoms with E-state index in [0.29, 0.717) is 25.5 Å². The summed E-state index contributed by atoms with van der Waals surface area (Å²) < 4.78 is 41.7. The van der Waals surface area contributed by atoms with Gasteiger partial charge in [-0.1, -0.05) is 0 Å². The van der Waals surface area contributed by atoms with Gasteiger partial charge in [0.05, 0.1) is 12.5 Å². The maximum Gasteiger partial charge on any atom is 0.407 e. The van der Waals surface area contributed by atoms with Crippen molar-refractivity contribution in [2.24, 2.45) is 4.99 Å². The van der Waals surface area contributed by atoms with E-state index in [9.17, 15) is 18.0 Å². The highest BCUT2D eigenvalue weighted by molar-refractivity contribution is 5.80. The van der Waals surface area contributed by atoms with E-state index < -0.39 is 24.3 Å². The first-order valence-electron chi connectivity index (χ1n) is 7.52. The molecule has 0 spiro atoms. The molecule has 1 saturated heterocycles. The summed E-state index contributed by atoms with van der Waals surface area (Å²) in [7, 11) is 1.52. The van der Waals surface area contributed by atoms with Gasteiger partial charge in [-0.2, -0.15) is 13.2 Å². The Morgan fingerprint density at radius 1 is 1.35 bits per heavy atom. The van der Waals surface area contributed by atoms with Crippen LogP contribution in [0, 0.1) is 0 Å². The summed E-state index contributed by atoms with van der Waals surface area (Å²) in [6.07, 6.45) is -4.93. The Kier molecular flexibility index (Phi) is 6.52. The monoisotopic (exact) mass is 338 g/mol. The lowest BCUT2D eigenvalue weighted by Gasteiger charge is -2.23. The third kappa shape index (κ3) is 7.94. The smallest absolute Gasteiger partial charge is 0.407 e. The molecular formula is C14H25F3N4O2. The number of halogens is 3. The van der Waals surface area contributed by atoms with Gasteiger partial charge in [0.1, 0.15) is 5.60 Å². The molecule has 1 rings (SSSR count). The molecule has 1 heterocycles. The third-order valence-electron chi connectivity index (χ3n) is 3.11. The maximum atomic E-state index is 12.2. The largest absolute Gasteiger partial charge is 0.444 e. The Balaban J connectivity index is 2.41. The fraction of sp³-hybridized carbons (Fsp3) is 0.857. The Hall–Kier alpha value is -1.67. The highest BCUT2D eigenvalue weighted by Crippen LogP contribution is 2.18. The van der Waals surface area contributed by atoms with Crippen molar-refractivity contribution in [1.82, 2.24) is 15.5 Å². The summed E-state index contributed by atoms with van der Waals surface area (Å²) in [5, 5.41) is 5.45. The van der Waals surface area contributed by atoms with Gasteiger partial charge in [-0.3, -0.25) is 4.99 Å². The van der Waals surface area contributed by atoms with Crippen LogP contribution in [0.1, 0.15) is 33.6 Å². The quantitative estimate of drug-likeness (QED) is 0.611. The summed E-state index contributed by atoms with van der Waals surface area (Å²) in [6, 6.07) is -0.119. The highest BCUT2D eigenvalue weighted by atomic mass is 19.4. The van der Waals surface area contributed by atoms with Crippen LogP contribution in [-0.4, -0.2) is 61.5 Å². The van der Waals surface area contributed by atoms with E-state index in [1.54, 1.807) is 20.8 Å². The zero-order valence-corrected chi connectivity index (χ0v) is 14.0. The van der Waals surface area contributed by atoms with E-state index in [1.807, 2.05) is 4.90 Å². The first-order chi connectivity index (χ1) is 10.5. The summed E-state index contributed by atoms with van der Waals surface area (Å²) in [5.74, 6) is 0.405. The number of carbonyl (C=O) groups is 1. The summed E-state index contributed by atoms with van der Waals surface area (Å²) >= 11 is 0. The molecule has 1 atom stereocenters. The number of alkyl halides is 3. The van der Waals surface area contributed by atoms with Crippen molar-refractivity contribution in [3.05, 3.63) is 0 Å². The maximum absolute atomic E-state index is 12.2. The molecule has 1 amide bonds. The van der Waals surface area contributed by atoms with Crippen molar-refractivity contribution in [3.63, 3.8) is 0 Å². The van der Waals surface area contributed by atoms with Crippen LogP contribution >= 0.6 is 0 Å². The average molecular weight is 338 g/mol. The highest BCUT2D eigenvalue weighted by Gasteiger charge is 2.29. The van der Waals surface area contributed by atoms with Gasteiger partial charge in [0.2, 0.25) is 0 Å². The van der Waals surface area contributed by atoms with Crippen molar-refractivity contribution in [1.29, 1.82) is 0 Å². The van der Waals surface area contributed by atoms with Crippen LogP contribution in [0.3, 0.4) is 0 Å². The third-order valence-corrected chi connectivity index (χ3v) is 3.11. The molecule has 0 aromatic carbocycles. The molecule has 0 radical (unpaired) electrons. The van der Waals surface area contributed by atoms with Crippen LogP contribution < -0.4 is 10.6 Å². The Bertz CT molecular complexity index is 433. The molecule has 1 fully saturated rings. The fourth-order valence-electron chi connectivity index (χ4n) is 2.19. The van der Waals surface area contributed by atoms with Gasteiger partial charge < -0.3 is 20.3 Å². The van der Waals surface area contributed by atoms with Crippen LogP contribution in [0.15, 0.2) is 4.99 Å². The van der Waals surface area contributed by atoms with E-state index in [2.05, 4.69) is 15.6 Å². The van der Waals surface area contributed by atoms with Crippen LogP contribution in [0.2, 0.25) is 0 Å². The van der Waals surface area contributed by atoms with E-state index >= 15 is 0 Å². The number of aliphatic imine (C=N–C) groups is 1. The normalized spacial score (nSPS) is 19.7. The minimum atomic E-state index is -4.20. The minimum Gasteiger partial charge on any atom is -0.444 e. The van der Waals surface area contributed by atoms with Crippen molar-refractivity contribution < 1.29 is 22.7 Å². The van der Waals surface area contributed by atoms with Gasteiger partial charge in [-0.15, -0.1) is 0 Å². The van der Waals surface area contributed by atoms with Gasteiger partial charge in [-0.05, 0) is 27.2 Å². The van der Waals surface area contributed by atoms with Gasteiger partial charge >= 0.3 is 12.3 Å². The molecule has 1 aliphatic heterocycles. The molecule has 0 bridgehead atoms. The molecule has 23 heavy (non-hydrogen) atoms. The first kappa shape index (κ1) is 19.4. The number of ether oxygens (including phenoxy) is 1. The summed E-state index contributed by atoms with van der Waals surface area (Å²) in [6.45, 7) is 6.19. The molecule has 1 aliphatic rings. The number of amides is 1. The van der Waals surface area contributed by atoms with Crippen molar-refractivity contribution in [2.75, 3.05) is 26.7 Å². The molecule has 134 valence electrons. The zero-order valence-electron chi connectivity index (χ0n) is 14.0. The van der Waals surface area contributed by atoms with Crippen LogP contribution in [0.25, 0.3) is 0 Å². The number of hydrogen-bond donors (Lipinski definition) is 2. The predicted molar refractivity (Wildman–Crippen MR) is 81.4 cm³/mol. The molecule has 2 N–H and O–H groups in total. The number of alkyl carbamates (subject to hydrolysis) is 1. The molecule has 9 heteroatoms. The lowest BCUT2D eigenvalue weighted by atomic mass is 10.2. The number of nitrogens with zero attached hydrogens (tertiary/aromatic N) is 2. The molecular weight excluding hydrogens is 313 g/mol. The Morgan fingerprint density at radius 2 is 2.00 bits per heavy atom. The SMILES string of the molecule is CN=C(NCCC(F)(F)F)N1CCC(NC(=O)OC(C)(C)C)C1. The van der Waals surface area contributed by atoms with E-state index in [0.717, 1.165) is 0 Å². The first-order valence-corrected chi connectivity index (χ1v) is 7.52. The number of likely N-dealkylation sites (tertiary alicyclic amines) is 1. The Morgan fingerprint density at radius 3 is 2.52 bits per heavy atom. The number of guanidine groups is 1. The predicted octanol–water partition coefficient (Wildman–Crippen LogP) is 2.11. The van der Waals surface area contributed by atoms with Crippen molar-refractivity contribution >= 4 is 12.1 Å². The zero-order chi connectivity index (χ0) is 17.7. The van der Waals surface area contributed by atoms with E-state index in [-0.39, 0.29) is 12.6 Å². The van der Waals surface area contributed by atoms with Gasteiger partial charge in [0.15, 0.2) is 5.96 Å². The number of carbonyl (C=O) groups excluding carboxylic acids is 1. The van der Waals surface area contributed by atoms with Crippen molar-refractivity contribution in [3.8, 4) is 0 Å². The second-order valence-corrected chi connectivity index (χ2v) is 6.42. The molecule has 1 unspecified atom stereocenters. The van der Waals surface area contributed by atoms with Gasteiger partial charge in [-0.25, -0.2) is 4.79 Å². The number of rotatable bonds is 3. The molecule has 0 saturated carbocycles. The van der Waals surface area contributed by atoms with Crippen LogP contribution in [0.4, 0.5) is 18.0 Å². The van der Waals surface area contributed by atoms with Gasteiger partial charge in [0, 0.05) is 26.7 Å². The van der Waals surface area contributed by atoms with E-state index in [4.69, 9.17) is 4.74 Å². The second kappa shape index (κ2) is 7.74. The minimum absolute atomic E-state index is 0.119.